The zero-order valence-corrected chi connectivity index (χ0v) is 11.4. The summed E-state index contributed by atoms with van der Waals surface area (Å²) in [6.45, 7) is 6.98. The quantitative estimate of drug-likeness (QED) is 0.832. The SMILES string of the molecule is CCCCc1noc(CN2CC(CN)CC2C)n1. The Labute approximate surface area is 109 Å². The molecule has 2 rings (SSSR count). The second-order valence-electron chi connectivity index (χ2n) is 5.32. The van der Waals surface area contributed by atoms with Crippen molar-refractivity contribution in [2.45, 2.75) is 52.1 Å². The Morgan fingerprint density at radius 3 is 3.00 bits per heavy atom. The first-order valence-electron chi connectivity index (χ1n) is 6.98. The van der Waals surface area contributed by atoms with Crippen molar-refractivity contribution in [1.29, 1.82) is 0 Å². The first kappa shape index (κ1) is 13.5. The third-order valence-corrected chi connectivity index (χ3v) is 3.73. The van der Waals surface area contributed by atoms with Crippen LogP contribution >= 0.6 is 0 Å². The minimum absolute atomic E-state index is 0.560. The summed E-state index contributed by atoms with van der Waals surface area (Å²) in [5.41, 5.74) is 5.73. The molecule has 0 radical (unpaired) electrons. The molecule has 2 heterocycles. The molecule has 0 aromatic carbocycles. The average Bonchev–Trinajstić information content (AvgIpc) is 2.95. The van der Waals surface area contributed by atoms with Gasteiger partial charge < -0.3 is 10.3 Å². The Balaban J connectivity index is 1.87. The van der Waals surface area contributed by atoms with E-state index in [1.165, 1.54) is 6.42 Å². The van der Waals surface area contributed by atoms with Crippen LogP contribution in [0.2, 0.25) is 0 Å². The second-order valence-corrected chi connectivity index (χ2v) is 5.32. The van der Waals surface area contributed by atoms with Crippen LogP contribution in [0.15, 0.2) is 4.52 Å². The van der Waals surface area contributed by atoms with Gasteiger partial charge in [0.15, 0.2) is 5.82 Å². The fourth-order valence-electron chi connectivity index (χ4n) is 2.57. The highest BCUT2D eigenvalue weighted by Gasteiger charge is 2.29. The van der Waals surface area contributed by atoms with E-state index < -0.39 is 0 Å². The molecule has 1 aliphatic rings. The fourth-order valence-corrected chi connectivity index (χ4v) is 2.57. The van der Waals surface area contributed by atoms with E-state index in [0.717, 1.165) is 50.6 Å². The lowest BCUT2D eigenvalue weighted by molar-refractivity contribution is 0.218. The van der Waals surface area contributed by atoms with Gasteiger partial charge in [0.1, 0.15) is 0 Å². The number of aryl methyl sites for hydroxylation is 1. The standard InChI is InChI=1S/C13H24N4O/c1-3-4-5-12-15-13(18-16-12)9-17-8-11(7-14)6-10(17)2/h10-11H,3-9,14H2,1-2H3. The van der Waals surface area contributed by atoms with Crippen LogP contribution in [0.5, 0.6) is 0 Å². The number of likely N-dealkylation sites (tertiary alicyclic amines) is 1. The van der Waals surface area contributed by atoms with E-state index >= 15 is 0 Å². The predicted octanol–water partition coefficient (Wildman–Crippen LogP) is 1.58. The first-order chi connectivity index (χ1) is 8.72. The van der Waals surface area contributed by atoms with Gasteiger partial charge in [0.25, 0.3) is 0 Å². The highest BCUT2D eigenvalue weighted by atomic mass is 16.5. The zero-order chi connectivity index (χ0) is 13.0. The Morgan fingerprint density at radius 2 is 2.33 bits per heavy atom. The monoisotopic (exact) mass is 252 g/mol. The molecule has 1 fully saturated rings. The second kappa shape index (κ2) is 6.29. The van der Waals surface area contributed by atoms with Gasteiger partial charge in [0.05, 0.1) is 6.54 Å². The molecule has 18 heavy (non-hydrogen) atoms. The van der Waals surface area contributed by atoms with E-state index in [1.54, 1.807) is 0 Å². The van der Waals surface area contributed by atoms with Crippen molar-refractivity contribution in [1.82, 2.24) is 15.0 Å². The van der Waals surface area contributed by atoms with E-state index in [9.17, 15) is 0 Å². The van der Waals surface area contributed by atoms with Gasteiger partial charge in [-0.1, -0.05) is 18.5 Å². The van der Waals surface area contributed by atoms with Crippen LogP contribution in [-0.2, 0) is 13.0 Å². The summed E-state index contributed by atoms with van der Waals surface area (Å²) in [7, 11) is 0. The summed E-state index contributed by atoms with van der Waals surface area (Å²) in [6, 6.07) is 0.560. The van der Waals surface area contributed by atoms with Crippen molar-refractivity contribution in [3.05, 3.63) is 11.7 Å². The Hall–Kier alpha value is -0.940. The molecule has 2 N–H and O–H groups in total. The van der Waals surface area contributed by atoms with Crippen molar-refractivity contribution in [3.63, 3.8) is 0 Å². The number of hydrogen-bond donors (Lipinski definition) is 1. The topological polar surface area (TPSA) is 68.2 Å². The zero-order valence-electron chi connectivity index (χ0n) is 11.4. The van der Waals surface area contributed by atoms with Gasteiger partial charge in [0, 0.05) is 19.0 Å². The van der Waals surface area contributed by atoms with Crippen LogP contribution in [0.1, 0.15) is 44.8 Å². The van der Waals surface area contributed by atoms with Crippen LogP contribution in [0.4, 0.5) is 0 Å². The first-order valence-corrected chi connectivity index (χ1v) is 6.98. The number of rotatable bonds is 6. The van der Waals surface area contributed by atoms with Crippen LogP contribution in [-0.4, -0.2) is 34.2 Å². The summed E-state index contributed by atoms with van der Waals surface area (Å²) >= 11 is 0. The van der Waals surface area contributed by atoms with Gasteiger partial charge in [-0.05, 0) is 32.2 Å². The number of nitrogens with zero attached hydrogens (tertiary/aromatic N) is 3. The van der Waals surface area contributed by atoms with Crippen molar-refractivity contribution < 1.29 is 4.52 Å². The maximum absolute atomic E-state index is 5.73. The molecular weight excluding hydrogens is 228 g/mol. The van der Waals surface area contributed by atoms with Crippen molar-refractivity contribution in [2.75, 3.05) is 13.1 Å². The fraction of sp³-hybridized carbons (Fsp3) is 0.846. The van der Waals surface area contributed by atoms with E-state index in [4.69, 9.17) is 10.3 Å². The van der Waals surface area contributed by atoms with Crippen LogP contribution in [0, 0.1) is 5.92 Å². The Bertz CT molecular complexity index is 366. The Morgan fingerprint density at radius 1 is 1.50 bits per heavy atom. The lowest BCUT2D eigenvalue weighted by Gasteiger charge is -2.18. The Kier molecular flexibility index (Phi) is 4.72. The molecule has 0 saturated carbocycles. The van der Waals surface area contributed by atoms with Gasteiger partial charge in [-0.25, -0.2) is 0 Å². The molecule has 5 nitrogen and oxygen atoms in total. The minimum atomic E-state index is 0.560. The minimum Gasteiger partial charge on any atom is -0.338 e. The van der Waals surface area contributed by atoms with Crippen LogP contribution < -0.4 is 5.73 Å². The van der Waals surface area contributed by atoms with E-state index in [1.807, 2.05) is 0 Å². The number of hydrogen-bond acceptors (Lipinski definition) is 5. The van der Waals surface area contributed by atoms with Gasteiger partial charge in [-0.3, -0.25) is 4.90 Å². The van der Waals surface area contributed by atoms with Crippen LogP contribution in [0.25, 0.3) is 0 Å². The lowest BCUT2D eigenvalue weighted by Crippen LogP contribution is -2.27. The summed E-state index contributed by atoms with van der Waals surface area (Å²) in [6.07, 6.45) is 4.37. The van der Waals surface area contributed by atoms with Crippen molar-refractivity contribution >= 4 is 0 Å². The van der Waals surface area contributed by atoms with Gasteiger partial charge in [0.2, 0.25) is 5.89 Å². The highest BCUT2D eigenvalue weighted by molar-refractivity contribution is 4.90. The normalized spacial score (nSPS) is 24.8. The molecule has 0 amide bonds. The average molecular weight is 252 g/mol. The molecular formula is C13H24N4O. The van der Waals surface area contributed by atoms with Crippen LogP contribution in [0.3, 0.4) is 0 Å². The number of aromatic nitrogens is 2. The number of nitrogens with two attached hydrogens (primary N) is 1. The molecule has 5 heteroatoms. The lowest BCUT2D eigenvalue weighted by atomic mass is 10.1. The maximum atomic E-state index is 5.73. The third kappa shape index (κ3) is 3.29. The number of unbranched alkanes of at least 4 members (excludes halogenated alkanes) is 1. The summed E-state index contributed by atoms with van der Waals surface area (Å²) in [4.78, 5) is 6.83. The molecule has 0 spiro atoms. The van der Waals surface area contributed by atoms with E-state index in [0.29, 0.717) is 12.0 Å². The molecule has 102 valence electrons. The van der Waals surface area contributed by atoms with E-state index in [-0.39, 0.29) is 0 Å². The molecule has 0 aliphatic carbocycles. The molecule has 0 bridgehead atoms. The van der Waals surface area contributed by atoms with Gasteiger partial charge in [-0.15, -0.1) is 0 Å². The summed E-state index contributed by atoms with van der Waals surface area (Å²) < 4.78 is 5.31. The summed E-state index contributed by atoms with van der Waals surface area (Å²) in [5.74, 6) is 2.20. The van der Waals surface area contributed by atoms with Crippen molar-refractivity contribution in [3.8, 4) is 0 Å². The largest absolute Gasteiger partial charge is 0.338 e. The molecule has 1 aliphatic heterocycles. The van der Waals surface area contributed by atoms with E-state index in [2.05, 4.69) is 28.9 Å². The molecule has 1 aromatic rings. The maximum Gasteiger partial charge on any atom is 0.240 e. The third-order valence-electron chi connectivity index (χ3n) is 3.73. The molecule has 2 atom stereocenters. The van der Waals surface area contributed by atoms with Gasteiger partial charge in [-0.2, -0.15) is 4.98 Å². The molecule has 2 unspecified atom stereocenters. The molecule has 1 saturated heterocycles. The summed E-state index contributed by atoms with van der Waals surface area (Å²) in [5, 5.41) is 4.02. The predicted molar refractivity (Wildman–Crippen MR) is 69.9 cm³/mol. The highest BCUT2D eigenvalue weighted by Crippen LogP contribution is 2.23. The van der Waals surface area contributed by atoms with Gasteiger partial charge >= 0.3 is 0 Å². The van der Waals surface area contributed by atoms with Crippen molar-refractivity contribution in [2.24, 2.45) is 11.7 Å². The smallest absolute Gasteiger partial charge is 0.240 e. The molecule has 1 aromatic heterocycles.